The van der Waals surface area contributed by atoms with Crippen LogP contribution in [0.4, 0.5) is 5.82 Å². The van der Waals surface area contributed by atoms with Crippen molar-refractivity contribution in [1.29, 1.82) is 0 Å². The molecule has 3 rings (SSSR count). The number of imidazole rings is 1. The van der Waals surface area contributed by atoms with Gasteiger partial charge in [-0.2, -0.15) is 0 Å². The normalized spacial score (nSPS) is 18.2. The molecule has 0 amide bonds. The van der Waals surface area contributed by atoms with Gasteiger partial charge in [-0.3, -0.25) is 0 Å². The molecule has 1 saturated heterocycles. The van der Waals surface area contributed by atoms with Crippen LogP contribution in [0.25, 0.3) is 11.3 Å². The summed E-state index contributed by atoms with van der Waals surface area (Å²) in [6, 6.07) is 0. The van der Waals surface area contributed by atoms with Crippen molar-refractivity contribution in [3.05, 3.63) is 12.5 Å². The van der Waals surface area contributed by atoms with Crippen LogP contribution in [0.3, 0.4) is 0 Å². The highest BCUT2D eigenvalue weighted by Gasteiger charge is 2.16. The Morgan fingerprint density at radius 1 is 1.19 bits per heavy atom. The van der Waals surface area contributed by atoms with E-state index in [0.717, 1.165) is 37.6 Å². The standard InChI is InChI=1S/C10H14N6/c1-15-2-4-16(5-3-15)8-6-11-9-10(14-8)13-7-12-9/h6-7H,2-5H2,1H3,(H,11,12,13,14). The fourth-order valence-electron chi connectivity index (χ4n) is 1.91. The van der Waals surface area contributed by atoms with Gasteiger partial charge in [0.1, 0.15) is 5.82 Å². The summed E-state index contributed by atoms with van der Waals surface area (Å²) in [7, 11) is 2.14. The summed E-state index contributed by atoms with van der Waals surface area (Å²) in [5.74, 6) is 0.935. The smallest absolute Gasteiger partial charge is 0.197 e. The van der Waals surface area contributed by atoms with E-state index in [1.165, 1.54) is 0 Å². The summed E-state index contributed by atoms with van der Waals surface area (Å²) >= 11 is 0. The van der Waals surface area contributed by atoms with E-state index in [1.807, 2.05) is 0 Å². The molecule has 84 valence electrons. The molecule has 6 heteroatoms. The first-order valence-electron chi connectivity index (χ1n) is 5.42. The predicted molar refractivity (Wildman–Crippen MR) is 61.4 cm³/mol. The number of anilines is 1. The molecule has 1 aliphatic heterocycles. The number of likely N-dealkylation sites (N-methyl/N-ethyl adjacent to an activating group) is 1. The Hall–Kier alpha value is -1.69. The number of aromatic nitrogens is 4. The van der Waals surface area contributed by atoms with E-state index in [0.29, 0.717) is 5.65 Å². The van der Waals surface area contributed by atoms with Crippen molar-refractivity contribution in [3.8, 4) is 0 Å². The molecule has 0 radical (unpaired) electrons. The van der Waals surface area contributed by atoms with E-state index in [4.69, 9.17) is 0 Å². The molecule has 0 atom stereocenters. The lowest BCUT2D eigenvalue weighted by Gasteiger charge is -2.32. The average Bonchev–Trinajstić information content (AvgIpc) is 2.77. The molecule has 3 heterocycles. The summed E-state index contributed by atoms with van der Waals surface area (Å²) in [5, 5.41) is 0. The zero-order valence-corrected chi connectivity index (χ0v) is 9.22. The number of piperazine rings is 1. The lowest BCUT2D eigenvalue weighted by molar-refractivity contribution is 0.312. The minimum Gasteiger partial charge on any atom is -0.353 e. The Morgan fingerprint density at radius 2 is 2.00 bits per heavy atom. The first-order valence-corrected chi connectivity index (χ1v) is 5.42. The fraction of sp³-hybridized carbons (Fsp3) is 0.500. The number of nitrogens with zero attached hydrogens (tertiary/aromatic N) is 5. The van der Waals surface area contributed by atoms with Gasteiger partial charge >= 0.3 is 0 Å². The van der Waals surface area contributed by atoms with E-state index < -0.39 is 0 Å². The molecule has 6 nitrogen and oxygen atoms in total. The Kier molecular flexibility index (Phi) is 2.21. The Bertz CT molecular complexity index is 485. The lowest BCUT2D eigenvalue weighted by atomic mass is 10.3. The van der Waals surface area contributed by atoms with E-state index >= 15 is 0 Å². The highest BCUT2D eigenvalue weighted by Crippen LogP contribution is 2.14. The SMILES string of the molecule is CN1CCN(c2cnc3nc[nH]c3n2)CC1. The van der Waals surface area contributed by atoms with Crippen LogP contribution < -0.4 is 4.90 Å². The van der Waals surface area contributed by atoms with Gasteiger partial charge in [0.25, 0.3) is 0 Å². The molecule has 0 saturated carbocycles. The average molecular weight is 218 g/mol. The maximum atomic E-state index is 4.51. The maximum absolute atomic E-state index is 4.51. The number of rotatable bonds is 1. The van der Waals surface area contributed by atoms with Crippen LogP contribution in [0, 0.1) is 0 Å². The van der Waals surface area contributed by atoms with E-state index in [2.05, 4.69) is 36.8 Å². The van der Waals surface area contributed by atoms with Gasteiger partial charge in [0.15, 0.2) is 11.3 Å². The van der Waals surface area contributed by atoms with Gasteiger partial charge in [-0.15, -0.1) is 0 Å². The van der Waals surface area contributed by atoms with Gasteiger partial charge < -0.3 is 14.8 Å². The number of hydrogen-bond donors (Lipinski definition) is 1. The van der Waals surface area contributed by atoms with Crippen molar-refractivity contribution in [2.45, 2.75) is 0 Å². The lowest BCUT2D eigenvalue weighted by Crippen LogP contribution is -2.44. The van der Waals surface area contributed by atoms with Crippen molar-refractivity contribution >= 4 is 17.1 Å². The van der Waals surface area contributed by atoms with Gasteiger partial charge in [-0.05, 0) is 7.05 Å². The van der Waals surface area contributed by atoms with Crippen molar-refractivity contribution in [2.24, 2.45) is 0 Å². The molecule has 0 unspecified atom stereocenters. The largest absolute Gasteiger partial charge is 0.353 e. The molecule has 1 aliphatic rings. The third-order valence-electron chi connectivity index (χ3n) is 2.96. The molecule has 1 fully saturated rings. The van der Waals surface area contributed by atoms with Crippen LogP contribution in [-0.4, -0.2) is 58.1 Å². The first-order chi connectivity index (χ1) is 7.83. The molecule has 0 aliphatic carbocycles. The van der Waals surface area contributed by atoms with E-state index in [1.54, 1.807) is 12.5 Å². The molecule has 2 aromatic rings. The van der Waals surface area contributed by atoms with Crippen molar-refractivity contribution in [3.63, 3.8) is 0 Å². The summed E-state index contributed by atoms with van der Waals surface area (Å²) in [4.78, 5) is 20.4. The highest BCUT2D eigenvalue weighted by molar-refractivity contribution is 5.66. The summed E-state index contributed by atoms with van der Waals surface area (Å²) in [5.41, 5.74) is 1.44. The number of fused-ring (bicyclic) bond motifs is 1. The van der Waals surface area contributed by atoms with E-state index in [-0.39, 0.29) is 0 Å². The second-order valence-electron chi connectivity index (χ2n) is 4.09. The molecular formula is C10H14N6. The van der Waals surface area contributed by atoms with Crippen LogP contribution in [0.2, 0.25) is 0 Å². The maximum Gasteiger partial charge on any atom is 0.197 e. The van der Waals surface area contributed by atoms with Crippen molar-refractivity contribution in [2.75, 3.05) is 38.1 Å². The number of hydrogen-bond acceptors (Lipinski definition) is 5. The fourth-order valence-corrected chi connectivity index (χ4v) is 1.91. The number of nitrogens with one attached hydrogen (secondary N) is 1. The van der Waals surface area contributed by atoms with Crippen LogP contribution in [-0.2, 0) is 0 Å². The second-order valence-corrected chi connectivity index (χ2v) is 4.09. The number of aromatic amines is 1. The molecule has 16 heavy (non-hydrogen) atoms. The molecule has 0 spiro atoms. The zero-order chi connectivity index (χ0) is 11.0. The summed E-state index contributed by atoms with van der Waals surface area (Å²) < 4.78 is 0. The Labute approximate surface area is 93.3 Å². The van der Waals surface area contributed by atoms with Crippen molar-refractivity contribution < 1.29 is 0 Å². The Morgan fingerprint density at radius 3 is 2.81 bits per heavy atom. The van der Waals surface area contributed by atoms with Crippen LogP contribution >= 0.6 is 0 Å². The van der Waals surface area contributed by atoms with Gasteiger partial charge in [0, 0.05) is 26.2 Å². The molecule has 2 aromatic heterocycles. The topological polar surface area (TPSA) is 60.9 Å². The van der Waals surface area contributed by atoms with Crippen LogP contribution in [0.15, 0.2) is 12.5 Å². The molecule has 0 aromatic carbocycles. The monoisotopic (exact) mass is 218 g/mol. The third kappa shape index (κ3) is 1.61. The summed E-state index contributed by atoms with van der Waals surface area (Å²) in [6.07, 6.45) is 3.42. The zero-order valence-electron chi connectivity index (χ0n) is 9.22. The molecule has 1 N–H and O–H groups in total. The second kappa shape index (κ2) is 3.71. The Balaban J connectivity index is 1.87. The van der Waals surface area contributed by atoms with Gasteiger partial charge in [0.05, 0.1) is 12.5 Å². The van der Waals surface area contributed by atoms with Crippen LogP contribution in [0.1, 0.15) is 0 Å². The van der Waals surface area contributed by atoms with Gasteiger partial charge in [-0.25, -0.2) is 15.0 Å². The minimum atomic E-state index is 0.679. The van der Waals surface area contributed by atoms with Gasteiger partial charge in [-0.1, -0.05) is 0 Å². The van der Waals surface area contributed by atoms with Gasteiger partial charge in [0.2, 0.25) is 0 Å². The summed E-state index contributed by atoms with van der Waals surface area (Å²) in [6.45, 7) is 4.15. The van der Waals surface area contributed by atoms with Crippen LogP contribution in [0.5, 0.6) is 0 Å². The number of H-pyrrole nitrogens is 1. The first kappa shape index (κ1) is 9.53. The quantitative estimate of drug-likeness (QED) is 0.736. The van der Waals surface area contributed by atoms with E-state index in [9.17, 15) is 0 Å². The predicted octanol–water partition coefficient (Wildman–Crippen LogP) is 0.105. The molecule has 0 bridgehead atoms. The minimum absolute atomic E-state index is 0.679. The third-order valence-corrected chi connectivity index (χ3v) is 2.96. The highest BCUT2D eigenvalue weighted by atomic mass is 15.3. The van der Waals surface area contributed by atoms with Crippen molar-refractivity contribution in [1.82, 2.24) is 24.8 Å². The molecular weight excluding hydrogens is 204 g/mol.